The first-order valence-electron chi connectivity index (χ1n) is 10.00. The molecule has 0 spiro atoms. The Hall–Kier alpha value is -2.58. The molecule has 8 heteroatoms. The summed E-state index contributed by atoms with van der Waals surface area (Å²) in [5.41, 5.74) is 2.47. The molecule has 2 heterocycles. The molecule has 0 atom stereocenters. The lowest BCUT2D eigenvalue weighted by Gasteiger charge is -2.30. The number of nitrogens with zero attached hydrogens (tertiary/aromatic N) is 2. The van der Waals surface area contributed by atoms with Crippen LogP contribution in [0.2, 0.25) is 0 Å². The minimum Gasteiger partial charge on any atom is -0.387 e. The predicted octanol–water partition coefficient (Wildman–Crippen LogP) is 1.06. The van der Waals surface area contributed by atoms with E-state index in [9.17, 15) is 19.5 Å². The molecule has 1 aliphatic rings. The van der Waals surface area contributed by atoms with Crippen molar-refractivity contribution in [3.05, 3.63) is 69.1 Å². The molecule has 0 saturated carbocycles. The number of carbonyl (C=O) groups excluding carboxylic acids is 2. The first-order valence-corrected chi connectivity index (χ1v) is 11.4. The van der Waals surface area contributed by atoms with Crippen molar-refractivity contribution < 1.29 is 14.7 Å². The average molecular weight is 430 g/mol. The molecule has 1 aromatic carbocycles. The molecular formula is C22H27N3O4S. The van der Waals surface area contributed by atoms with Gasteiger partial charge in [-0.3, -0.25) is 14.4 Å². The van der Waals surface area contributed by atoms with Crippen LogP contribution in [0.15, 0.2) is 41.3 Å². The fourth-order valence-corrected chi connectivity index (χ4v) is 3.98. The van der Waals surface area contributed by atoms with Crippen LogP contribution < -0.4 is 10.9 Å². The summed E-state index contributed by atoms with van der Waals surface area (Å²) in [6.45, 7) is 1.04. The van der Waals surface area contributed by atoms with Crippen molar-refractivity contribution in [1.29, 1.82) is 0 Å². The average Bonchev–Trinajstić information content (AvgIpc) is 2.77. The summed E-state index contributed by atoms with van der Waals surface area (Å²) in [5, 5.41) is 12.0. The highest BCUT2D eigenvalue weighted by atomic mass is 32.2. The van der Waals surface area contributed by atoms with Crippen molar-refractivity contribution in [3.63, 3.8) is 0 Å². The topological polar surface area (TPSA) is 91.6 Å². The minimum atomic E-state index is -0.551. The van der Waals surface area contributed by atoms with Crippen molar-refractivity contribution in [2.24, 2.45) is 0 Å². The molecule has 7 nitrogen and oxygen atoms in total. The van der Waals surface area contributed by atoms with Gasteiger partial charge in [-0.15, -0.1) is 0 Å². The van der Waals surface area contributed by atoms with E-state index in [1.807, 2.05) is 36.6 Å². The number of hydrogen-bond acceptors (Lipinski definition) is 5. The van der Waals surface area contributed by atoms with Crippen LogP contribution in [0.3, 0.4) is 0 Å². The quantitative estimate of drug-likeness (QED) is 0.613. The summed E-state index contributed by atoms with van der Waals surface area (Å²) < 4.78 is 1.57. The summed E-state index contributed by atoms with van der Waals surface area (Å²) in [4.78, 5) is 39.6. The summed E-state index contributed by atoms with van der Waals surface area (Å²) in [7, 11) is 0. The summed E-state index contributed by atoms with van der Waals surface area (Å²) >= 11 is 1.62. The number of aromatic nitrogens is 1. The molecule has 3 rings (SSSR count). The van der Waals surface area contributed by atoms with Gasteiger partial charge >= 0.3 is 0 Å². The van der Waals surface area contributed by atoms with E-state index in [2.05, 4.69) is 5.32 Å². The number of aliphatic hydroxyl groups is 1. The van der Waals surface area contributed by atoms with Crippen molar-refractivity contribution in [2.75, 3.05) is 31.7 Å². The Morgan fingerprint density at radius 2 is 2.00 bits per heavy atom. The Bertz CT molecular complexity index is 959. The molecule has 1 aliphatic heterocycles. The number of nitrogens with one attached hydrogen (secondary N) is 1. The van der Waals surface area contributed by atoms with Crippen molar-refractivity contribution in [3.8, 4) is 0 Å². The van der Waals surface area contributed by atoms with Gasteiger partial charge < -0.3 is 19.9 Å². The third kappa shape index (κ3) is 5.12. The minimum absolute atomic E-state index is 0.178. The van der Waals surface area contributed by atoms with Gasteiger partial charge in [0.15, 0.2) is 0 Å². The Morgan fingerprint density at radius 1 is 1.23 bits per heavy atom. The number of fused-ring (bicyclic) bond motifs is 1. The van der Waals surface area contributed by atoms with E-state index < -0.39 is 6.61 Å². The molecule has 30 heavy (non-hydrogen) atoms. The van der Waals surface area contributed by atoms with Gasteiger partial charge in [-0.25, -0.2) is 0 Å². The molecule has 0 radical (unpaired) electrons. The van der Waals surface area contributed by atoms with E-state index >= 15 is 0 Å². The second-order valence-electron chi connectivity index (χ2n) is 7.21. The normalized spacial score (nSPS) is 13.1. The number of pyridine rings is 1. The van der Waals surface area contributed by atoms with E-state index in [0.29, 0.717) is 38.0 Å². The highest BCUT2D eigenvalue weighted by Gasteiger charge is 2.27. The molecule has 160 valence electrons. The molecule has 0 bridgehead atoms. The molecule has 2 aromatic rings. The van der Waals surface area contributed by atoms with E-state index in [1.54, 1.807) is 27.4 Å². The number of rotatable bonds is 8. The SMILES string of the molecule is CSCCNC(=O)c1c2c(cn(CCc3ccccc3)c1=O)CN(C(=O)CO)CC2. The Morgan fingerprint density at radius 3 is 2.70 bits per heavy atom. The standard InChI is InChI=1S/C22H27N3O4S/c1-30-12-9-23-21(28)20-18-8-11-24(19(27)15-26)13-17(18)14-25(22(20)29)10-7-16-5-3-2-4-6-16/h2-6,14,26H,7-13,15H2,1H3,(H,23,28). The second-order valence-corrected chi connectivity index (χ2v) is 8.20. The third-order valence-corrected chi connectivity index (χ3v) is 5.87. The van der Waals surface area contributed by atoms with Gasteiger partial charge in [-0.05, 0) is 35.8 Å². The fraction of sp³-hybridized carbons (Fsp3) is 0.409. The Labute approximate surface area is 180 Å². The van der Waals surface area contributed by atoms with Gasteiger partial charge in [0, 0.05) is 38.1 Å². The molecule has 0 aliphatic carbocycles. The largest absolute Gasteiger partial charge is 0.387 e. The third-order valence-electron chi connectivity index (χ3n) is 5.26. The highest BCUT2D eigenvalue weighted by molar-refractivity contribution is 7.98. The summed E-state index contributed by atoms with van der Waals surface area (Å²) in [6, 6.07) is 9.85. The van der Waals surface area contributed by atoms with Crippen LogP contribution in [0.1, 0.15) is 27.0 Å². The number of benzene rings is 1. The molecule has 0 fully saturated rings. The lowest BCUT2D eigenvalue weighted by atomic mass is 9.95. The lowest BCUT2D eigenvalue weighted by Crippen LogP contribution is -2.42. The molecule has 0 saturated heterocycles. The van der Waals surface area contributed by atoms with Gasteiger partial charge in [-0.2, -0.15) is 11.8 Å². The molecule has 1 aromatic heterocycles. The number of aryl methyl sites for hydroxylation is 2. The number of hydrogen-bond donors (Lipinski definition) is 2. The van der Waals surface area contributed by atoms with E-state index in [4.69, 9.17) is 0 Å². The van der Waals surface area contributed by atoms with Crippen LogP contribution in [0.5, 0.6) is 0 Å². The Kier molecular flexibility index (Phi) is 7.70. The van der Waals surface area contributed by atoms with Crippen LogP contribution >= 0.6 is 11.8 Å². The van der Waals surface area contributed by atoms with Crippen LogP contribution in [-0.4, -0.2) is 58.1 Å². The fourth-order valence-electron chi connectivity index (χ4n) is 3.67. The van der Waals surface area contributed by atoms with Crippen LogP contribution in [-0.2, 0) is 30.7 Å². The van der Waals surface area contributed by atoms with Crippen LogP contribution in [0, 0.1) is 0 Å². The Balaban J connectivity index is 1.94. The maximum atomic E-state index is 13.2. The number of aliphatic hydroxyl groups excluding tert-OH is 1. The summed E-state index contributed by atoms with van der Waals surface area (Å²) in [5.74, 6) is 0.0526. The molecular weight excluding hydrogens is 402 g/mol. The van der Waals surface area contributed by atoms with Gasteiger partial charge in [-0.1, -0.05) is 30.3 Å². The smallest absolute Gasteiger partial charge is 0.263 e. The van der Waals surface area contributed by atoms with Gasteiger partial charge in [0.1, 0.15) is 12.2 Å². The van der Waals surface area contributed by atoms with Crippen molar-refractivity contribution >= 4 is 23.6 Å². The zero-order valence-electron chi connectivity index (χ0n) is 17.1. The first-order chi connectivity index (χ1) is 14.5. The van der Waals surface area contributed by atoms with Crippen LogP contribution in [0.4, 0.5) is 0 Å². The summed E-state index contributed by atoms with van der Waals surface area (Å²) in [6.07, 6.45) is 4.80. The van der Waals surface area contributed by atoms with E-state index in [0.717, 1.165) is 16.9 Å². The maximum absolute atomic E-state index is 13.2. The zero-order chi connectivity index (χ0) is 21.5. The predicted molar refractivity (Wildman–Crippen MR) is 118 cm³/mol. The lowest BCUT2D eigenvalue weighted by molar-refractivity contribution is -0.135. The van der Waals surface area contributed by atoms with Gasteiger partial charge in [0.05, 0.1) is 0 Å². The number of thioether (sulfide) groups is 1. The maximum Gasteiger partial charge on any atom is 0.263 e. The first kappa shape index (κ1) is 22.1. The van der Waals surface area contributed by atoms with Crippen LogP contribution in [0.25, 0.3) is 0 Å². The second kappa shape index (κ2) is 10.4. The number of carbonyl (C=O) groups is 2. The molecule has 2 N–H and O–H groups in total. The monoisotopic (exact) mass is 429 g/mol. The van der Waals surface area contributed by atoms with Crippen molar-refractivity contribution in [2.45, 2.75) is 25.9 Å². The highest BCUT2D eigenvalue weighted by Crippen LogP contribution is 2.21. The molecule has 0 unspecified atom stereocenters. The van der Waals surface area contributed by atoms with Gasteiger partial charge in [0.25, 0.3) is 11.5 Å². The zero-order valence-corrected chi connectivity index (χ0v) is 17.9. The number of amides is 2. The van der Waals surface area contributed by atoms with Crippen molar-refractivity contribution in [1.82, 2.24) is 14.8 Å². The van der Waals surface area contributed by atoms with E-state index in [-0.39, 0.29) is 29.5 Å². The molecule has 2 amide bonds. The van der Waals surface area contributed by atoms with E-state index in [1.165, 1.54) is 0 Å². The van der Waals surface area contributed by atoms with Gasteiger partial charge in [0.2, 0.25) is 5.91 Å².